The second kappa shape index (κ2) is 7.23. The summed E-state index contributed by atoms with van der Waals surface area (Å²) in [4.78, 5) is 15.2. The van der Waals surface area contributed by atoms with Gasteiger partial charge in [0.2, 0.25) is 17.7 Å². The second-order valence-electron chi connectivity index (χ2n) is 7.55. The zero-order valence-corrected chi connectivity index (χ0v) is 16.3. The van der Waals surface area contributed by atoms with Gasteiger partial charge in [-0.2, -0.15) is 0 Å². The highest BCUT2D eigenvalue weighted by Crippen LogP contribution is 2.32. The molecule has 0 spiro atoms. The largest absolute Gasteiger partial charge is 0.420 e. The van der Waals surface area contributed by atoms with E-state index in [2.05, 4.69) is 49.1 Å². The summed E-state index contributed by atoms with van der Waals surface area (Å²) < 4.78 is 11.3. The minimum absolute atomic E-state index is 0.231. The highest BCUT2D eigenvalue weighted by Gasteiger charge is 2.26. The molecule has 0 N–H and O–H groups in total. The van der Waals surface area contributed by atoms with Gasteiger partial charge in [-0.1, -0.05) is 19.0 Å². The Kier molecular flexibility index (Phi) is 4.42. The minimum Gasteiger partial charge on any atom is -0.420 e. The van der Waals surface area contributed by atoms with Crippen molar-refractivity contribution < 1.29 is 8.94 Å². The number of fused-ring (bicyclic) bond motifs is 1. The van der Waals surface area contributed by atoms with Crippen molar-refractivity contribution in [3.8, 4) is 11.5 Å². The predicted molar refractivity (Wildman–Crippen MR) is 105 cm³/mol. The molecule has 0 aromatic carbocycles. The van der Waals surface area contributed by atoms with Crippen LogP contribution in [0.15, 0.2) is 39.7 Å². The lowest BCUT2D eigenvalue weighted by Crippen LogP contribution is -2.34. The molecule has 0 atom stereocenters. The maximum absolute atomic E-state index is 6.01. The number of anilines is 1. The van der Waals surface area contributed by atoms with Crippen LogP contribution < -0.4 is 4.90 Å². The third-order valence-electron chi connectivity index (χ3n) is 5.27. The van der Waals surface area contributed by atoms with Crippen LogP contribution in [0, 0.1) is 0 Å². The number of pyridine rings is 1. The van der Waals surface area contributed by atoms with Gasteiger partial charge in [-0.3, -0.25) is 0 Å². The molecule has 0 radical (unpaired) electrons. The molecule has 0 aliphatic carbocycles. The zero-order valence-electron chi connectivity index (χ0n) is 16.3. The normalized spacial score (nSPS) is 15.5. The fourth-order valence-corrected chi connectivity index (χ4v) is 3.68. The van der Waals surface area contributed by atoms with Crippen LogP contribution in [0.25, 0.3) is 22.6 Å². The van der Waals surface area contributed by atoms with Crippen molar-refractivity contribution >= 4 is 17.0 Å². The molecule has 1 aliphatic heterocycles. The van der Waals surface area contributed by atoms with Gasteiger partial charge in [0.05, 0.1) is 16.6 Å². The number of piperidine rings is 1. The van der Waals surface area contributed by atoms with Gasteiger partial charge in [0.25, 0.3) is 5.71 Å². The van der Waals surface area contributed by atoms with E-state index >= 15 is 0 Å². The van der Waals surface area contributed by atoms with Gasteiger partial charge in [0, 0.05) is 37.6 Å². The molecule has 0 unspecified atom stereocenters. The topological polar surface area (TPSA) is 107 Å². The van der Waals surface area contributed by atoms with Crippen LogP contribution in [-0.2, 0) is 0 Å². The quantitative estimate of drug-likeness (QED) is 0.516. The Balaban J connectivity index is 1.34. The van der Waals surface area contributed by atoms with Crippen molar-refractivity contribution in [2.75, 3.05) is 18.0 Å². The Bertz CT molecular complexity index is 1110. The zero-order chi connectivity index (χ0) is 19.8. The molecule has 9 heteroatoms. The first kappa shape index (κ1) is 17.7. The van der Waals surface area contributed by atoms with E-state index in [1.54, 1.807) is 18.6 Å². The third kappa shape index (κ3) is 3.32. The molecule has 5 rings (SSSR count). The van der Waals surface area contributed by atoms with E-state index in [1.165, 1.54) is 0 Å². The monoisotopic (exact) mass is 391 g/mol. The molecule has 29 heavy (non-hydrogen) atoms. The molecule has 148 valence electrons. The molecule has 1 aliphatic rings. The van der Waals surface area contributed by atoms with Gasteiger partial charge in [-0.25, -0.2) is 15.0 Å². The summed E-state index contributed by atoms with van der Waals surface area (Å²) in [6.07, 6.45) is 7.05. The van der Waals surface area contributed by atoms with Crippen molar-refractivity contribution in [2.24, 2.45) is 0 Å². The fourth-order valence-electron chi connectivity index (χ4n) is 3.68. The number of aromatic nitrogens is 6. The van der Waals surface area contributed by atoms with Gasteiger partial charge in [0.15, 0.2) is 0 Å². The number of hydrogen-bond acceptors (Lipinski definition) is 9. The van der Waals surface area contributed by atoms with E-state index in [0.717, 1.165) is 48.5 Å². The van der Waals surface area contributed by atoms with Crippen molar-refractivity contribution in [3.63, 3.8) is 0 Å². The Labute approximate surface area is 167 Å². The summed E-state index contributed by atoms with van der Waals surface area (Å²) in [5.74, 6) is 2.38. The van der Waals surface area contributed by atoms with Crippen molar-refractivity contribution in [1.82, 2.24) is 30.3 Å². The highest BCUT2D eigenvalue weighted by molar-refractivity contribution is 5.80. The van der Waals surface area contributed by atoms with Crippen LogP contribution >= 0.6 is 0 Å². The lowest BCUT2D eigenvalue weighted by atomic mass is 9.97. The molecule has 0 saturated carbocycles. The molecular weight excluding hydrogens is 370 g/mol. The van der Waals surface area contributed by atoms with Crippen LogP contribution in [-0.4, -0.2) is 43.4 Å². The second-order valence-corrected chi connectivity index (χ2v) is 7.55. The van der Waals surface area contributed by atoms with E-state index in [4.69, 9.17) is 8.94 Å². The summed E-state index contributed by atoms with van der Waals surface area (Å²) in [6, 6.07) is 3.78. The van der Waals surface area contributed by atoms with Crippen LogP contribution in [0.5, 0.6) is 0 Å². The fraction of sp³-hybridized carbons (Fsp3) is 0.400. The minimum atomic E-state index is 0.231. The lowest BCUT2D eigenvalue weighted by molar-refractivity contribution is 0.396. The summed E-state index contributed by atoms with van der Waals surface area (Å²) in [7, 11) is 0. The summed E-state index contributed by atoms with van der Waals surface area (Å²) in [5.41, 5.74) is 2.17. The van der Waals surface area contributed by atoms with Crippen LogP contribution in [0.3, 0.4) is 0 Å². The Morgan fingerprint density at radius 1 is 1.07 bits per heavy atom. The van der Waals surface area contributed by atoms with E-state index < -0.39 is 0 Å². The SMILES string of the molecule is CC(C)c1noc2ncc(-c3nnc(C4CCN(c5ncccn5)CC4)o3)cc12. The van der Waals surface area contributed by atoms with E-state index in [0.29, 0.717) is 17.5 Å². The first-order valence-electron chi connectivity index (χ1n) is 9.80. The van der Waals surface area contributed by atoms with Crippen molar-refractivity contribution in [3.05, 3.63) is 42.3 Å². The smallest absolute Gasteiger partial charge is 0.257 e. The van der Waals surface area contributed by atoms with Crippen molar-refractivity contribution in [1.29, 1.82) is 0 Å². The van der Waals surface area contributed by atoms with E-state index in [-0.39, 0.29) is 11.8 Å². The molecular formula is C20H21N7O2. The third-order valence-corrected chi connectivity index (χ3v) is 5.27. The molecule has 9 nitrogen and oxygen atoms in total. The maximum Gasteiger partial charge on any atom is 0.257 e. The van der Waals surface area contributed by atoms with Gasteiger partial charge in [0.1, 0.15) is 0 Å². The summed E-state index contributed by atoms with van der Waals surface area (Å²) in [5, 5.41) is 13.6. The maximum atomic E-state index is 6.01. The molecule has 0 bridgehead atoms. The van der Waals surface area contributed by atoms with Crippen LogP contribution in [0.1, 0.15) is 50.1 Å². The number of hydrogen-bond donors (Lipinski definition) is 0. The average molecular weight is 391 g/mol. The summed E-state index contributed by atoms with van der Waals surface area (Å²) in [6.45, 7) is 5.86. The standard InChI is InChI=1S/C20H21N7O2/c1-12(2)16-15-10-14(11-23-19(15)29-26-16)18-25-24-17(28-18)13-4-8-27(9-5-13)20-21-6-3-7-22-20/h3,6-7,10-13H,4-5,8-9H2,1-2H3. The Morgan fingerprint density at radius 3 is 2.62 bits per heavy atom. The molecule has 1 fully saturated rings. The lowest BCUT2D eigenvalue weighted by Gasteiger charge is -2.30. The molecule has 1 saturated heterocycles. The van der Waals surface area contributed by atoms with Gasteiger partial charge in [-0.15, -0.1) is 10.2 Å². The molecule has 5 heterocycles. The van der Waals surface area contributed by atoms with Gasteiger partial charge < -0.3 is 13.8 Å². The Hall–Kier alpha value is -3.36. The van der Waals surface area contributed by atoms with E-state index in [9.17, 15) is 0 Å². The molecule has 0 amide bonds. The summed E-state index contributed by atoms with van der Waals surface area (Å²) >= 11 is 0. The van der Waals surface area contributed by atoms with Gasteiger partial charge in [-0.05, 0) is 30.9 Å². The number of rotatable bonds is 4. The molecule has 4 aromatic rings. The van der Waals surface area contributed by atoms with Crippen LogP contribution in [0.2, 0.25) is 0 Å². The highest BCUT2D eigenvalue weighted by atomic mass is 16.5. The van der Waals surface area contributed by atoms with Crippen molar-refractivity contribution in [2.45, 2.75) is 38.5 Å². The van der Waals surface area contributed by atoms with Crippen LogP contribution in [0.4, 0.5) is 5.95 Å². The van der Waals surface area contributed by atoms with Gasteiger partial charge >= 0.3 is 0 Å². The van der Waals surface area contributed by atoms with E-state index in [1.807, 2.05) is 12.1 Å². The molecule has 4 aromatic heterocycles. The first-order chi connectivity index (χ1) is 14.2. The number of nitrogens with zero attached hydrogens (tertiary/aromatic N) is 7. The Morgan fingerprint density at radius 2 is 1.86 bits per heavy atom. The first-order valence-corrected chi connectivity index (χ1v) is 9.80. The average Bonchev–Trinajstić information content (AvgIpc) is 3.41. The predicted octanol–water partition coefficient (Wildman–Crippen LogP) is 3.57.